The van der Waals surface area contributed by atoms with E-state index in [0.29, 0.717) is 0 Å². The molecule has 0 aromatic rings. The molecule has 1 aliphatic rings. The second kappa shape index (κ2) is 5.04. The third kappa shape index (κ3) is 2.48. The highest BCUT2D eigenvalue weighted by Gasteiger charge is 2.30. The van der Waals surface area contributed by atoms with Crippen LogP contribution in [0.25, 0.3) is 0 Å². The molecular weight excluding hydrogens is 272 g/mol. The van der Waals surface area contributed by atoms with E-state index in [2.05, 4.69) is 0 Å². The lowest BCUT2D eigenvalue weighted by atomic mass is 10.0. The minimum absolute atomic E-state index is 0.0507. The summed E-state index contributed by atoms with van der Waals surface area (Å²) in [6.45, 7) is 0. The first-order chi connectivity index (χ1) is 7.36. The van der Waals surface area contributed by atoms with Crippen molar-refractivity contribution in [3.05, 3.63) is 32.9 Å². The fourth-order valence-corrected chi connectivity index (χ4v) is 1.67. The maximum atomic E-state index is 11.7. The number of nitrogens with zero attached hydrogens (tertiary/aromatic N) is 1. The minimum atomic E-state index is -0.633. The summed E-state index contributed by atoms with van der Waals surface area (Å²) in [5.74, 6) is -1.18. The Kier molecular flexibility index (Phi) is 4.19. The molecule has 0 spiro atoms. The number of halogens is 3. The molecule has 0 aromatic carbocycles. The highest BCUT2D eigenvalue weighted by Crippen LogP contribution is 2.31. The lowest BCUT2D eigenvalue weighted by Crippen LogP contribution is -2.17. The number of allylic oxidation sites excluding steroid dienone is 5. The van der Waals surface area contributed by atoms with Crippen molar-refractivity contribution in [1.29, 1.82) is 0 Å². The zero-order valence-electron chi connectivity index (χ0n) is 8.55. The molecule has 0 fully saturated rings. The quantitative estimate of drug-likeness (QED) is 0.729. The van der Waals surface area contributed by atoms with Crippen LogP contribution in [0.4, 0.5) is 0 Å². The van der Waals surface area contributed by atoms with Crippen LogP contribution in [0.2, 0.25) is 0 Å². The van der Waals surface area contributed by atoms with E-state index >= 15 is 0 Å². The van der Waals surface area contributed by atoms with Gasteiger partial charge in [-0.15, -0.1) is 0 Å². The first kappa shape index (κ1) is 13.3. The van der Waals surface area contributed by atoms with E-state index < -0.39 is 11.6 Å². The van der Waals surface area contributed by atoms with Crippen LogP contribution in [-0.4, -0.2) is 30.6 Å². The van der Waals surface area contributed by atoms with Crippen LogP contribution >= 0.6 is 34.8 Å². The fraction of sp³-hybridized carbons (Fsp3) is 0.200. The summed E-state index contributed by atoms with van der Waals surface area (Å²) in [6, 6.07) is 0. The predicted octanol–water partition coefficient (Wildman–Crippen LogP) is 2.40. The second-order valence-electron chi connectivity index (χ2n) is 3.29. The van der Waals surface area contributed by atoms with Crippen molar-refractivity contribution in [3.63, 3.8) is 0 Å². The Hall–Kier alpha value is -0.770. The number of Topliss-reactive ketones (excluding diaryl/α,β-unsaturated/α-hetero) is 2. The molecule has 0 amide bonds. The van der Waals surface area contributed by atoms with Gasteiger partial charge in [0.1, 0.15) is 15.1 Å². The Morgan fingerprint density at radius 1 is 0.938 bits per heavy atom. The van der Waals surface area contributed by atoms with Gasteiger partial charge < -0.3 is 4.90 Å². The van der Waals surface area contributed by atoms with Crippen molar-refractivity contribution in [2.45, 2.75) is 0 Å². The van der Waals surface area contributed by atoms with Gasteiger partial charge in [0.15, 0.2) is 0 Å². The monoisotopic (exact) mass is 279 g/mol. The summed E-state index contributed by atoms with van der Waals surface area (Å²) in [7, 11) is 3.54. The predicted molar refractivity (Wildman–Crippen MR) is 64.5 cm³/mol. The molecule has 0 heterocycles. The summed E-state index contributed by atoms with van der Waals surface area (Å²) in [6.07, 6.45) is 3.01. The topological polar surface area (TPSA) is 37.4 Å². The molecule has 0 radical (unpaired) electrons. The smallest absolute Gasteiger partial charge is 0.218 e. The maximum Gasteiger partial charge on any atom is 0.218 e. The highest BCUT2D eigenvalue weighted by atomic mass is 35.5. The number of rotatable bonds is 2. The van der Waals surface area contributed by atoms with Crippen LogP contribution in [0.1, 0.15) is 0 Å². The Morgan fingerprint density at radius 3 is 1.94 bits per heavy atom. The third-order valence-electron chi connectivity index (χ3n) is 1.81. The molecule has 1 rings (SSSR count). The SMILES string of the molecule is CN(C)C=CC1=C(Cl)C(=O)C(Cl)=C(Cl)C1=O. The van der Waals surface area contributed by atoms with Gasteiger partial charge in [0.25, 0.3) is 0 Å². The normalized spacial score (nSPS) is 17.8. The zero-order valence-corrected chi connectivity index (χ0v) is 10.8. The van der Waals surface area contributed by atoms with Crippen molar-refractivity contribution >= 4 is 46.4 Å². The molecule has 3 nitrogen and oxygen atoms in total. The van der Waals surface area contributed by atoms with Gasteiger partial charge in [0.2, 0.25) is 11.6 Å². The molecule has 0 N–H and O–H groups in total. The summed E-state index contributed by atoms with van der Waals surface area (Å²) >= 11 is 16.9. The Bertz CT molecular complexity index is 447. The number of hydrogen-bond donors (Lipinski definition) is 0. The molecule has 16 heavy (non-hydrogen) atoms. The zero-order chi connectivity index (χ0) is 12.5. The van der Waals surface area contributed by atoms with E-state index in [1.165, 1.54) is 6.08 Å². The first-order valence-electron chi connectivity index (χ1n) is 4.25. The highest BCUT2D eigenvalue weighted by molar-refractivity contribution is 6.64. The average molecular weight is 281 g/mol. The molecular formula is C10H8Cl3NO2. The standard InChI is InChI=1S/C10H8Cl3NO2/c1-14(2)4-3-5-6(11)10(16)8(13)7(12)9(5)15/h3-4H,1-2H3. The van der Waals surface area contributed by atoms with Crippen LogP contribution in [0.3, 0.4) is 0 Å². The van der Waals surface area contributed by atoms with Gasteiger partial charge in [0, 0.05) is 19.7 Å². The molecule has 0 saturated carbocycles. The van der Waals surface area contributed by atoms with Gasteiger partial charge in [-0.3, -0.25) is 9.59 Å². The van der Waals surface area contributed by atoms with Gasteiger partial charge in [-0.1, -0.05) is 34.8 Å². The van der Waals surface area contributed by atoms with Crippen molar-refractivity contribution in [2.24, 2.45) is 0 Å². The van der Waals surface area contributed by atoms with Crippen LogP contribution in [0.5, 0.6) is 0 Å². The van der Waals surface area contributed by atoms with Gasteiger partial charge in [-0.2, -0.15) is 0 Å². The van der Waals surface area contributed by atoms with Gasteiger partial charge in [-0.05, 0) is 12.3 Å². The summed E-state index contributed by atoms with van der Waals surface area (Å²) < 4.78 is 0. The van der Waals surface area contributed by atoms with E-state index in [4.69, 9.17) is 34.8 Å². The Morgan fingerprint density at radius 2 is 1.44 bits per heavy atom. The first-order valence-corrected chi connectivity index (χ1v) is 5.38. The second-order valence-corrected chi connectivity index (χ2v) is 4.43. The van der Waals surface area contributed by atoms with Gasteiger partial charge in [-0.25, -0.2) is 0 Å². The molecule has 86 valence electrons. The molecule has 0 aromatic heterocycles. The van der Waals surface area contributed by atoms with E-state index in [1.807, 2.05) is 0 Å². The summed E-state index contributed by atoms with van der Waals surface area (Å²) in [5.41, 5.74) is 0.0507. The van der Waals surface area contributed by atoms with E-state index in [1.54, 1.807) is 25.2 Å². The minimum Gasteiger partial charge on any atom is -0.383 e. The molecule has 1 aliphatic carbocycles. The fourth-order valence-electron chi connectivity index (χ4n) is 1.01. The van der Waals surface area contributed by atoms with Crippen LogP contribution < -0.4 is 0 Å². The van der Waals surface area contributed by atoms with Crippen molar-refractivity contribution in [3.8, 4) is 0 Å². The molecule has 0 aliphatic heterocycles. The lowest BCUT2D eigenvalue weighted by Gasteiger charge is -2.12. The van der Waals surface area contributed by atoms with Crippen molar-refractivity contribution in [1.82, 2.24) is 4.90 Å². The summed E-state index contributed by atoms with van der Waals surface area (Å²) in [4.78, 5) is 24.8. The summed E-state index contributed by atoms with van der Waals surface area (Å²) in [5, 5.41) is -0.842. The Balaban J connectivity index is 3.19. The molecule has 0 saturated heterocycles. The maximum absolute atomic E-state index is 11.7. The number of hydrogen-bond acceptors (Lipinski definition) is 3. The van der Waals surface area contributed by atoms with Crippen LogP contribution in [-0.2, 0) is 9.59 Å². The number of ketones is 2. The molecule has 0 bridgehead atoms. The van der Waals surface area contributed by atoms with Gasteiger partial charge in [0.05, 0.1) is 0 Å². The van der Waals surface area contributed by atoms with Crippen molar-refractivity contribution < 1.29 is 9.59 Å². The molecule has 6 heteroatoms. The van der Waals surface area contributed by atoms with Gasteiger partial charge >= 0.3 is 0 Å². The van der Waals surface area contributed by atoms with Crippen LogP contribution in [0, 0.1) is 0 Å². The number of carbonyl (C=O) groups is 2. The van der Waals surface area contributed by atoms with Crippen molar-refractivity contribution in [2.75, 3.05) is 14.1 Å². The van der Waals surface area contributed by atoms with Crippen LogP contribution in [0.15, 0.2) is 32.9 Å². The van der Waals surface area contributed by atoms with E-state index in [9.17, 15) is 9.59 Å². The number of carbonyl (C=O) groups excluding carboxylic acids is 2. The molecule has 0 atom stereocenters. The lowest BCUT2D eigenvalue weighted by molar-refractivity contribution is -0.115. The Labute approximate surface area is 108 Å². The average Bonchev–Trinajstić information content (AvgIpc) is 2.23. The molecule has 0 unspecified atom stereocenters. The van der Waals surface area contributed by atoms with E-state index in [0.717, 1.165) is 0 Å². The largest absolute Gasteiger partial charge is 0.383 e. The van der Waals surface area contributed by atoms with E-state index in [-0.39, 0.29) is 20.7 Å². The third-order valence-corrected chi connectivity index (χ3v) is 3.00.